The number of nitrogens with one attached hydrogen (secondary N) is 1. The summed E-state index contributed by atoms with van der Waals surface area (Å²) in [7, 11) is 0. The van der Waals surface area contributed by atoms with Crippen molar-refractivity contribution in [2.75, 3.05) is 11.2 Å². The Labute approximate surface area is 144 Å². The first-order valence-electron chi connectivity index (χ1n) is 7.95. The summed E-state index contributed by atoms with van der Waals surface area (Å²) in [6.07, 6.45) is 7.40. The summed E-state index contributed by atoms with van der Waals surface area (Å²) in [5, 5.41) is 3.88. The fourth-order valence-corrected chi connectivity index (χ4v) is 4.52. The van der Waals surface area contributed by atoms with E-state index in [1.165, 1.54) is 23.4 Å². The molecule has 0 bridgehead atoms. The molecule has 23 heavy (non-hydrogen) atoms. The number of fused-ring (bicyclic) bond motifs is 2. The highest BCUT2D eigenvalue weighted by Gasteiger charge is 2.25. The van der Waals surface area contributed by atoms with Crippen LogP contribution in [0.2, 0.25) is 0 Å². The third kappa shape index (κ3) is 2.81. The number of carbonyl (C=O) groups is 1. The molecule has 0 fully saturated rings. The number of rotatable bonds is 3. The topological polar surface area (TPSA) is 42.0 Å². The Morgan fingerprint density at radius 3 is 3.00 bits per heavy atom. The minimum absolute atomic E-state index is 0.0452. The third-order valence-corrected chi connectivity index (χ3v) is 5.67. The molecule has 0 unspecified atom stereocenters. The van der Waals surface area contributed by atoms with Crippen LogP contribution >= 0.6 is 22.9 Å². The number of thiazole rings is 1. The van der Waals surface area contributed by atoms with Crippen molar-refractivity contribution in [2.24, 2.45) is 0 Å². The number of alkyl halides is 1. The number of nitrogens with zero attached hydrogens (tertiary/aromatic N) is 1. The monoisotopic (exact) mass is 344 g/mol. The number of hydrogen-bond donors (Lipinski definition) is 1. The van der Waals surface area contributed by atoms with Crippen LogP contribution in [0.25, 0.3) is 11.6 Å². The Morgan fingerprint density at radius 1 is 1.30 bits per heavy atom. The van der Waals surface area contributed by atoms with E-state index >= 15 is 0 Å². The Hall–Kier alpha value is -1.65. The smallest absolute Gasteiger partial charge is 0.256 e. The first-order valence-corrected chi connectivity index (χ1v) is 9.30. The number of anilines is 1. The highest BCUT2D eigenvalue weighted by Crippen LogP contribution is 2.35. The van der Waals surface area contributed by atoms with Crippen molar-refractivity contribution in [2.45, 2.75) is 32.1 Å². The van der Waals surface area contributed by atoms with E-state index in [2.05, 4.69) is 11.4 Å². The second-order valence-corrected chi connectivity index (χ2v) is 7.45. The van der Waals surface area contributed by atoms with E-state index in [0.717, 1.165) is 41.1 Å². The number of aryl methyl sites for hydroxylation is 3. The van der Waals surface area contributed by atoms with Crippen molar-refractivity contribution < 1.29 is 4.79 Å². The predicted molar refractivity (Wildman–Crippen MR) is 96.1 cm³/mol. The summed E-state index contributed by atoms with van der Waals surface area (Å²) in [5.74, 6) is 0.537. The molecule has 1 aliphatic heterocycles. The largest absolute Gasteiger partial charge is 0.321 e. The first-order chi connectivity index (χ1) is 11.2. The molecule has 1 aromatic heterocycles. The fraction of sp³-hybridized carbons (Fsp3) is 0.333. The van der Waals surface area contributed by atoms with Crippen LogP contribution in [-0.4, -0.2) is 16.8 Å². The summed E-state index contributed by atoms with van der Waals surface area (Å²) in [6, 6.07) is 6.05. The van der Waals surface area contributed by atoms with Gasteiger partial charge in [-0.25, -0.2) is 4.98 Å². The number of benzene rings is 1. The molecule has 2 aliphatic rings. The SMILES string of the molecule is O=C1Nc2ccc(CCCl)cc2C1=Cc1nc2c(s1)CCCC2. The molecule has 0 saturated carbocycles. The van der Waals surface area contributed by atoms with Crippen molar-refractivity contribution in [3.63, 3.8) is 0 Å². The highest BCUT2D eigenvalue weighted by molar-refractivity contribution is 7.12. The van der Waals surface area contributed by atoms with Gasteiger partial charge in [0.25, 0.3) is 5.91 Å². The van der Waals surface area contributed by atoms with E-state index in [1.54, 1.807) is 11.3 Å². The molecule has 1 aliphatic carbocycles. The maximum absolute atomic E-state index is 12.3. The van der Waals surface area contributed by atoms with Gasteiger partial charge in [0, 0.05) is 22.0 Å². The van der Waals surface area contributed by atoms with Crippen molar-refractivity contribution in [1.82, 2.24) is 4.98 Å². The van der Waals surface area contributed by atoms with Gasteiger partial charge in [0.1, 0.15) is 5.01 Å². The van der Waals surface area contributed by atoms with E-state index in [4.69, 9.17) is 16.6 Å². The number of carbonyl (C=O) groups excluding carboxylic acids is 1. The molecule has 3 nitrogen and oxygen atoms in total. The average molecular weight is 345 g/mol. The van der Waals surface area contributed by atoms with Gasteiger partial charge in [0.15, 0.2) is 0 Å². The number of aromatic nitrogens is 1. The van der Waals surface area contributed by atoms with E-state index in [9.17, 15) is 4.79 Å². The molecule has 118 valence electrons. The standard InChI is InChI=1S/C18H17ClN2OS/c19-8-7-11-5-6-14-12(9-11)13(18(22)21-14)10-17-20-15-3-1-2-4-16(15)23-17/h5-6,9-10H,1-4,7-8H2,(H,21,22). The minimum Gasteiger partial charge on any atom is -0.321 e. The lowest BCUT2D eigenvalue weighted by Crippen LogP contribution is -2.03. The average Bonchev–Trinajstić information content (AvgIpc) is 3.09. The summed E-state index contributed by atoms with van der Waals surface area (Å²) < 4.78 is 0. The lowest BCUT2D eigenvalue weighted by atomic mass is 10.0. The van der Waals surface area contributed by atoms with Gasteiger partial charge in [0.2, 0.25) is 0 Å². The zero-order chi connectivity index (χ0) is 15.8. The van der Waals surface area contributed by atoms with Gasteiger partial charge < -0.3 is 5.32 Å². The summed E-state index contributed by atoms with van der Waals surface area (Å²) >= 11 is 7.56. The van der Waals surface area contributed by atoms with E-state index in [-0.39, 0.29) is 5.91 Å². The van der Waals surface area contributed by atoms with Crippen molar-refractivity contribution in [1.29, 1.82) is 0 Å². The normalized spacial score (nSPS) is 18.0. The molecule has 0 saturated heterocycles. The molecule has 0 atom stereocenters. The second-order valence-electron chi connectivity index (χ2n) is 5.96. The van der Waals surface area contributed by atoms with E-state index < -0.39 is 0 Å². The number of halogens is 1. The maximum Gasteiger partial charge on any atom is 0.256 e. The third-order valence-electron chi connectivity index (χ3n) is 4.38. The molecule has 0 radical (unpaired) electrons. The zero-order valence-corrected chi connectivity index (χ0v) is 14.3. The molecule has 2 heterocycles. The molecule has 1 aromatic carbocycles. The van der Waals surface area contributed by atoms with Crippen LogP contribution in [-0.2, 0) is 24.1 Å². The molecular formula is C18H17ClN2OS. The summed E-state index contributed by atoms with van der Waals surface area (Å²) in [5.41, 5.74) is 4.93. The number of amides is 1. The van der Waals surface area contributed by atoms with Gasteiger partial charge in [-0.05, 0) is 55.9 Å². The van der Waals surface area contributed by atoms with Crippen LogP contribution in [0.15, 0.2) is 18.2 Å². The van der Waals surface area contributed by atoms with Gasteiger partial charge in [-0.15, -0.1) is 22.9 Å². The van der Waals surface area contributed by atoms with Gasteiger partial charge >= 0.3 is 0 Å². The second kappa shape index (κ2) is 6.10. The lowest BCUT2D eigenvalue weighted by molar-refractivity contribution is -0.110. The van der Waals surface area contributed by atoms with Crippen LogP contribution in [0.1, 0.15) is 39.5 Å². The summed E-state index contributed by atoms with van der Waals surface area (Å²) in [6.45, 7) is 0. The molecule has 4 rings (SSSR count). The Bertz CT molecular complexity index is 786. The Morgan fingerprint density at radius 2 is 2.17 bits per heavy atom. The van der Waals surface area contributed by atoms with E-state index in [0.29, 0.717) is 11.5 Å². The van der Waals surface area contributed by atoms with E-state index in [1.807, 2.05) is 18.2 Å². The van der Waals surface area contributed by atoms with Crippen LogP contribution in [0.3, 0.4) is 0 Å². The molecule has 1 amide bonds. The molecule has 1 N–H and O–H groups in total. The molecule has 0 spiro atoms. The Kier molecular flexibility index (Phi) is 3.95. The first kappa shape index (κ1) is 14.9. The Balaban J connectivity index is 1.73. The zero-order valence-electron chi connectivity index (χ0n) is 12.7. The van der Waals surface area contributed by atoms with Gasteiger partial charge in [-0.1, -0.05) is 6.07 Å². The predicted octanol–water partition coefficient (Wildman–Crippen LogP) is 4.30. The van der Waals surface area contributed by atoms with Crippen LogP contribution in [0, 0.1) is 0 Å². The molecule has 2 aromatic rings. The molecule has 5 heteroatoms. The summed E-state index contributed by atoms with van der Waals surface area (Å²) in [4.78, 5) is 18.4. The van der Waals surface area contributed by atoms with Gasteiger partial charge in [-0.2, -0.15) is 0 Å². The minimum atomic E-state index is -0.0452. The van der Waals surface area contributed by atoms with Crippen LogP contribution in [0.5, 0.6) is 0 Å². The van der Waals surface area contributed by atoms with Crippen LogP contribution < -0.4 is 5.32 Å². The van der Waals surface area contributed by atoms with Crippen molar-refractivity contribution in [3.8, 4) is 0 Å². The quantitative estimate of drug-likeness (QED) is 0.666. The lowest BCUT2D eigenvalue weighted by Gasteiger charge is -2.06. The van der Waals surface area contributed by atoms with Gasteiger partial charge in [0.05, 0.1) is 11.3 Å². The van der Waals surface area contributed by atoms with Crippen LogP contribution in [0.4, 0.5) is 5.69 Å². The number of hydrogen-bond acceptors (Lipinski definition) is 3. The highest BCUT2D eigenvalue weighted by atomic mass is 35.5. The van der Waals surface area contributed by atoms with Crippen molar-refractivity contribution in [3.05, 3.63) is 44.9 Å². The van der Waals surface area contributed by atoms with Gasteiger partial charge in [-0.3, -0.25) is 4.79 Å². The fourth-order valence-electron chi connectivity index (χ4n) is 3.20. The van der Waals surface area contributed by atoms with Crippen molar-refractivity contribution >= 4 is 46.2 Å². The maximum atomic E-state index is 12.3. The molecular weight excluding hydrogens is 328 g/mol.